The maximum Gasteiger partial charge on any atom is 0.419 e. The lowest BCUT2D eigenvalue weighted by Gasteiger charge is -2.29. The summed E-state index contributed by atoms with van der Waals surface area (Å²) in [4.78, 5) is 19.0. The van der Waals surface area contributed by atoms with E-state index in [9.17, 15) is 17.6 Å². The van der Waals surface area contributed by atoms with Gasteiger partial charge in [-0.05, 0) is 38.7 Å². The van der Waals surface area contributed by atoms with E-state index in [4.69, 9.17) is 20.3 Å². The minimum absolute atomic E-state index is 0.0444. The Kier molecular flexibility index (Phi) is 8.20. The molecule has 1 aliphatic rings. The third kappa shape index (κ3) is 6.01. The van der Waals surface area contributed by atoms with Crippen molar-refractivity contribution in [3.63, 3.8) is 0 Å². The number of nitrogens with two attached hydrogens (primary N) is 1. The summed E-state index contributed by atoms with van der Waals surface area (Å²) in [6.45, 7) is 3.96. The largest absolute Gasteiger partial charge is 0.472 e. The third-order valence-electron chi connectivity index (χ3n) is 7.19. The van der Waals surface area contributed by atoms with E-state index in [0.29, 0.717) is 62.4 Å². The minimum Gasteiger partial charge on any atom is -0.472 e. The highest BCUT2D eigenvalue weighted by atomic mass is 19.4. The second kappa shape index (κ2) is 11.8. The van der Waals surface area contributed by atoms with E-state index >= 15 is 0 Å². The quantitative estimate of drug-likeness (QED) is 0.274. The molecule has 0 saturated heterocycles. The number of nitrogens with zero attached hydrogens (tertiary/aromatic N) is 7. The highest BCUT2D eigenvalue weighted by molar-refractivity contribution is 5.93. The van der Waals surface area contributed by atoms with Crippen LogP contribution < -0.4 is 15.4 Å². The van der Waals surface area contributed by atoms with Crippen molar-refractivity contribution in [2.24, 2.45) is 0 Å². The van der Waals surface area contributed by atoms with Gasteiger partial charge in [0.1, 0.15) is 17.6 Å². The normalized spacial score (nSPS) is 17.6. The van der Waals surface area contributed by atoms with Crippen LogP contribution in [0.1, 0.15) is 44.2 Å². The average molecular weight is 575 g/mol. The van der Waals surface area contributed by atoms with Crippen LogP contribution in [0.15, 0.2) is 36.9 Å². The molecule has 0 bridgehead atoms. The zero-order valence-electron chi connectivity index (χ0n) is 22.6. The van der Waals surface area contributed by atoms with Gasteiger partial charge in [0, 0.05) is 62.0 Å². The van der Waals surface area contributed by atoms with Crippen molar-refractivity contribution in [2.75, 3.05) is 37.4 Å². The Balaban J connectivity index is 1.35. The molecule has 218 valence electrons. The Hall–Kier alpha value is -4.07. The lowest BCUT2D eigenvalue weighted by molar-refractivity contribution is -0.140. The molecule has 4 aromatic rings. The molecule has 4 heterocycles. The van der Waals surface area contributed by atoms with Crippen LogP contribution in [0.4, 0.5) is 29.3 Å². The van der Waals surface area contributed by atoms with Crippen LogP contribution in [0.5, 0.6) is 5.88 Å². The minimum atomic E-state index is -4.83. The van der Waals surface area contributed by atoms with Crippen molar-refractivity contribution in [1.29, 1.82) is 0 Å². The van der Waals surface area contributed by atoms with Crippen molar-refractivity contribution in [3.05, 3.63) is 48.3 Å². The van der Waals surface area contributed by atoms with Crippen LogP contribution in [0, 0.1) is 5.82 Å². The van der Waals surface area contributed by atoms with Gasteiger partial charge in [0.2, 0.25) is 5.95 Å². The molecule has 1 fully saturated rings. The Labute approximate surface area is 233 Å². The number of fused-ring (bicyclic) bond motifs is 1. The van der Waals surface area contributed by atoms with Gasteiger partial charge < -0.3 is 20.1 Å². The van der Waals surface area contributed by atoms with Crippen molar-refractivity contribution < 1.29 is 27.0 Å². The number of halogens is 4. The van der Waals surface area contributed by atoms with Gasteiger partial charge >= 0.3 is 6.18 Å². The average Bonchev–Trinajstić information content (AvgIpc) is 3.33. The molecule has 0 aromatic carbocycles. The number of methoxy groups -OCH3 is 1. The monoisotopic (exact) mass is 574 g/mol. The number of aromatic nitrogens is 6. The molecule has 0 unspecified atom stereocenters. The molecule has 41 heavy (non-hydrogen) atoms. The van der Waals surface area contributed by atoms with Crippen LogP contribution in [-0.2, 0) is 10.9 Å². The first-order valence-electron chi connectivity index (χ1n) is 13.3. The molecule has 1 aliphatic carbocycles. The molecule has 10 nitrogen and oxygen atoms in total. The molecule has 0 radical (unpaired) electrons. The van der Waals surface area contributed by atoms with Gasteiger partial charge in [-0.25, -0.2) is 24.3 Å². The van der Waals surface area contributed by atoms with Crippen LogP contribution in [0.2, 0.25) is 0 Å². The fraction of sp³-hybridized carbons (Fsp3) is 0.444. The molecule has 1 saturated carbocycles. The topological polar surface area (TPSA) is 117 Å². The molecule has 0 atom stereocenters. The summed E-state index contributed by atoms with van der Waals surface area (Å²) in [6, 6.07) is 2.31. The predicted molar refractivity (Wildman–Crippen MR) is 144 cm³/mol. The van der Waals surface area contributed by atoms with Gasteiger partial charge in [-0.1, -0.05) is 0 Å². The number of nitrogen functional groups attached to an aromatic ring is 1. The van der Waals surface area contributed by atoms with Gasteiger partial charge in [-0.3, -0.25) is 4.68 Å². The first-order chi connectivity index (χ1) is 19.7. The van der Waals surface area contributed by atoms with Crippen LogP contribution >= 0.6 is 0 Å². The van der Waals surface area contributed by atoms with Crippen molar-refractivity contribution >= 4 is 22.7 Å². The number of hydrogen-bond donors (Lipinski definition) is 1. The van der Waals surface area contributed by atoms with Crippen LogP contribution in [0.3, 0.4) is 0 Å². The molecule has 2 N–H and O–H groups in total. The van der Waals surface area contributed by atoms with Gasteiger partial charge in [-0.15, -0.1) is 0 Å². The maximum atomic E-state index is 14.4. The van der Waals surface area contributed by atoms with Crippen LogP contribution in [-0.4, -0.2) is 62.6 Å². The lowest BCUT2D eigenvalue weighted by atomic mass is 9.93. The van der Waals surface area contributed by atoms with Crippen molar-refractivity contribution in [1.82, 2.24) is 29.7 Å². The fourth-order valence-corrected chi connectivity index (χ4v) is 5.04. The van der Waals surface area contributed by atoms with Gasteiger partial charge in [0.05, 0.1) is 23.7 Å². The fourth-order valence-electron chi connectivity index (χ4n) is 5.04. The van der Waals surface area contributed by atoms with Gasteiger partial charge in [0.25, 0.3) is 5.88 Å². The number of rotatable bonds is 9. The zero-order chi connectivity index (χ0) is 29.1. The summed E-state index contributed by atoms with van der Waals surface area (Å²) in [7, 11) is 1.65. The van der Waals surface area contributed by atoms with Crippen LogP contribution in [0.25, 0.3) is 22.2 Å². The summed E-state index contributed by atoms with van der Waals surface area (Å²) >= 11 is 0. The number of hydrogen-bond acceptors (Lipinski definition) is 9. The Morgan fingerprint density at radius 3 is 2.46 bits per heavy atom. The summed E-state index contributed by atoms with van der Waals surface area (Å²) in [6.07, 6.45) is 2.87. The molecule has 0 spiro atoms. The molecular formula is C27H30F4N8O2. The zero-order valence-corrected chi connectivity index (χ0v) is 22.6. The van der Waals surface area contributed by atoms with E-state index in [1.807, 2.05) is 16.5 Å². The molecule has 14 heteroatoms. The smallest absolute Gasteiger partial charge is 0.419 e. The summed E-state index contributed by atoms with van der Waals surface area (Å²) < 4.78 is 66.3. The highest BCUT2D eigenvalue weighted by Crippen LogP contribution is 2.38. The van der Waals surface area contributed by atoms with Crippen molar-refractivity contribution in [2.45, 2.75) is 50.9 Å². The predicted octanol–water partition coefficient (Wildman–Crippen LogP) is 5.06. The van der Waals surface area contributed by atoms with E-state index in [1.54, 1.807) is 31.8 Å². The van der Waals surface area contributed by atoms with E-state index < -0.39 is 29.5 Å². The molecule has 0 amide bonds. The Bertz CT molecular complexity index is 1490. The van der Waals surface area contributed by atoms with E-state index in [0.717, 1.165) is 29.2 Å². The second-order valence-electron chi connectivity index (χ2n) is 9.79. The van der Waals surface area contributed by atoms with Gasteiger partial charge in [0.15, 0.2) is 5.82 Å². The SMILES string of the molecule is CCN(CCOC)c1ncc(-c2nn(C3CCC(Oc4nccc(C(F)(F)F)c4F)CC3)c3cc(N)ncc23)cn1. The second-order valence-corrected chi connectivity index (χ2v) is 9.79. The Morgan fingerprint density at radius 2 is 1.80 bits per heavy atom. The summed E-state index contributed by atoms with van der Waals surface area (Å²) in [5, 5.41) is 5.69. The van der Waals surface area contributed by atoms with E-state index in [-0.39, 0.29) is 6.04 Å². The molecule has 4 aromatic heterocycles. The number of pyridine rings is 2. The number of likely N-dealkylation sites (N-methyl/N-ethyl adjacent to an activating group) is 1. The molecule has 5 rings (SSSR count). The molecule has 0 aliphatic heterocycles. The first kappa shape index (κ1) is 28.5. The number of alkyl halides is 3. The van der Waals surface area contributed by atoms with Gasteiger partial charge in [-0.2, -0.15) is 18.3 Å². The highest BCUT2D eigenvalue weighted by Gasteiger charge is 2.36. The first-order valence-corrected chi connectivity index (χ1v) is 13.3. The summed E-state index contributed by atoms with van der Waals surface area (Å²) in [5.74, 6) is -1.20. The summed E-state index contributed by atoms with van der Waals surface area (Å²) in [5.41, 5.74) is 6.78. The third-order valence-corrected chi connectivity index (χ3v) is 7.19. The lowest BCUT2D eigenvalue weighted by Crippen LogP contribution is -2.28. The van der Waals surface area contributed by atoms with E-state index in [2.05, 4.69) is 19.9 Å². The maximum absolute atomic E-state index is 14.4. The number of ether oxygens (including phenoxy) is 2. The Morgan fingerprint density at radius 1 is 1.07 bits per heavy atom. The number of anilines is 2. The molecular weight excluding hydrogens is 544 g/mol. The van der Waals surface area contributed by atoms with Crippen molar-refractivity contribution in [3.8, 4) is 17.1 Å². The standard InChI is InChI=1S/C27H30F4N8O2/c1-3-38(10-11-40-2)26-35-13-16(14-36-26)24-19-15-34-22(32)12-21(19)39(37-24)17-4-6-18(7-5-17)41-25-23(28)20(8-9-33-25)27(29,30)31/h8-9,12-15,17-18H,3-7,10-11H2,1-2H3,(H2,32,34). The van der Waals surface area contributed by atoms with E-state index in [1.165, 1.54) is 0 Å².